The van der Waals surface area contributed by atoms with Crippen LogP contribution in [-0.2, 0) is 9.59 Å². The summed E-state index contributed by atoms with van der Waals surface area (Å²) < 4.78 is 10.7. The molecule has 2 aromatic rings. The maximum Gasteiger partial charge on any atom is 0.290 e. The van der Waals surface area contributed by atoms with E-state index in [1.807, 2.05) is 38.1 Å². The lowest BCUT2D eigenvalue weighted by Crippen LogP contribution is -2.36. The Morgan fingerprint density at radius 1 is 1.27 bits per heavy atom. The first kappa shape index (κ1) is 21.4. The number of carbonyl (C=O) groups is 2. The summed E-state index contributed by atoms with van der Waals surface area (Å²) in [5, 5.41) is 10.6. The van der Waals surface area contributed by atoms with Crippen LogP contribution in [0.5, 0.6) is 5.75 Å². The molecule has 1 unspecified atom stereocenters. The molecule has 1 aliphatic rings. The largest absolute Gasteiger partial charge is 0.503 e. The number of allylic oxidation sites excluding steroid dienone is 1. The van der Waals surface area contributed by atoms with Crippen LogP contribution in [0.15, 0.2) is 64.5 Å². The average Bonchev–Trinajstić information content (AvgIpc) is 3.33. The van der Waals surface area contributed by atoms with Crippen LogP contribution >= 0.6 is 0 Å². The molecule has 0 aliphatic carbocycles. The molecular formula is C23H26N2O5. The number of ketones is 1. The van der Waals surface area contributed by atoms with Gasteiger partial charge in [0.25, 0.3) is 5.91 Å². The monoisotopic (exact) mass is 410 g/mol. The van der Waals surface area contributed by atoms with Crippen molar-refractivity contribution in [2.45, 2.75) is 13.0 Å². The standard InChI is InChI=1S/C23H26N2O5/c1-4-29-18-9-7-16(8-10-18)21-20(19(26)12-11-17-6-5-15-30-17)22(27)23(28)25(21)14-13-24(2)3/h5-12,15,21,27H,4,13-14H2,1-3H3/b12-11+. The van der Waals surface area contributed by atoms with E-state index in [2.05, 4.69) is 0 Å². The topological polar surface area (TPSA) is 83.2 Å². The van der Waals surface area contributed by atoms with Gasteiger partial charge in [0.15, 0.2) is 11.5 Å². The third-order valence-electron chi connectivity index (χ3n) is 4.81. The van der Waals surface area contributed by atoms with Gasteiger partial charge in [-0.25, -0.2) is 0 Å². The van der Waals surface area contributed by atoms with Gasteiger partial charge in [0.2, 0.25) is 0 Å². The van der Waals surface area contributed by atoms with E-state index in [0.29, 0.717) is 31.2 Å². The fourth-order valence-corrected chi connectivity index (χ4v) is 3.34. The molecule has 0 fully saturated rings. The van der Waals surface area contributed by atoms with Crippen molar-refractivity contribution in [1.29, 1.82) is 0 Å². The van der Waals surface area contributed by atoms with E-state index < -0.39 is 23.5 Å². The molecule has 2 heterocycles. The Morgan fingerprint density at radius 3 is 2.60 bits per heavy atom. The van der Waals surface area contributed by atoms with Gasteiger partial charge < -0.3 is 24.1 Å². The Hall–Kier alpha value is -3.32. The molecule has 0 saturated carbocycles. The zero-order valence-corrected chi connectivity index (χ0v) is 17.4. The molecular weight excluding hydrogens is 384 g/mol. The number of carbonyl (C=O) groups excluding carboxylic acids is 2. The van der Waals surface area contributed by atoms with Crippen LogP contribution in [0.25, 0.3) is 6.08 Å². The van der Waals surface area contributed by atoms with Gasteiger partial charge in [-0.05, 0) is 63.0 Å². The minimum absolute atomic E-state index is 0.0609. The molecule has 7 nitrogen and oxygen atoms in total. The van der Waals surface area contributed by atoms with Crippen molar-refractivity contribution >= 4 is 17.8 Å². The first-order valence-electron chi connectivity index (χ1n) is 9.80. The number of aliphatic hydroxyl groups excluding tert-OH is 1. The number of likely N-dealkylation sites (N-methyl/N-ethyl adjacent to an activating group) is 1. The summed E-state index contributed by atoms with van der Waals surface area (Å²) in [4.78, 5) is 29.2. The molecule has 0 radical (unpaired) electrons. The van der Waals surface area contributed by atoms with Crippen LogP contribution < -0.4 is 4.74 Å². The Kier molecular flexibility index (Phi) is 6.74. The quantitative estimate of drug-likeness (QED) is 0.639. The fourth-order valence-electron chi connectivity index (χ4n) is 3.34. The van der Waals surface area contributed by atoms with E-state index in [9.17, 15) is 14.7 Å². The second-order valence-electron chi connectivity index (χ2n) is 7.18. The van der Waals surface area contributed by atoms with E-state index in [4.69, 9.17) is 9.15 Å². The van der Waals surface area contributed by atoms with Crippen LogP contribution in [0.4, 0.5) is 0 Å². The predicted molar refractivity (Wildman–Crippen MR) is 113 cm³/mol. The molecule has 3 rings (SSSR count). The Labute approximate surface area is 175 Å². The van der Waals surface area contributed by atoms with Crippen LogP contribution in [-0.4, -0.2) is 60.4 Å². The van der Waals surface area contributed by atoms with Gasteiger partial charge in [0, 0.05) is 13.1 Å². The highest BCUT2D eigenvalue weighted by Crippen LogP contribution is 2.38. The van der Waals surface area contributed by atoms with Crippen molar-refractivity contribution in [2.24, 2.45) is 0 Å². The molecule has 0 bridgehead atoms. The first-order chi connectivity index (χ1) is 14.4. The number of hydrogen-bond acceptors (Lipinski definition) is 6. The Bertz CT molecular complexity index is 942. The van der Waals surface area contributed by atoms with Crippen molar-refractivity contribution in [3.8, 4) is 5.75 Å². The van der Waals surface area contributed by atoms with E-state index in [1.54, 1.807) is 24.3 Å². The van der Waals surface area contributed by atoms with Crippen molar-refractivity contribution in [3.63, 3.8) is 0 Å². The third-order valence-corrected chi connectivity index (χ3v) is 4.81. The molecule has 1 N–H and O–H groups in total. The SMILES string of the molecule is CCOc1ccc(C2C(C(=O)/C=C/c3ccco3)=C(O)C(=O)N2CCN(C)C)cc1. The van der Waals surface area contributed by atoms with Crippen LogP contribution in [0.1, 0.15) is 24.3 Å². The molecule has 1 aromatic heterocycles. The summed E-state index contributed by atoms with van der Waals surface area (Å²) in [5.74, 6) is -0.297. The minimum atomic E-state index is -0.679. The van der Waals surface area contributed by atoms with E-state index in [-0.39, 0.29) is 5.57 Å². The molecule has 1 aromatic carbocycles. The molecule has 158 valence electrons. The van der Waals surface area contributed by atoms with Crippen LogP contribution in [0.3, 0.4) is 0 Å². The Balaban J connectivity index is 1.95. The molecule has 1 aliphatic heterocycles. The van der Waals surface area contributed by atoms with Crippen molar-refractivity contribution in [2.75, 3.05) is 33.8 Å². The number of aliphatic hydroxyl groups is 1. The van der Waals surface area contributed by atoms with Crippen molar-refractivity contribution in [1.82, 2.24) is 9.80 Å². The molecule has 7 heteroatoms. The zero-order valence-electron chi connectivity index (χ0n) is 17.4. The summed E-state index contributed by atoms with van der Waals surface area (Å²) in [6, 6.07) is 9.97. The second kappa shape index (κ2) is 9.45. The van der Waals surface area contributed by atoms with Gasteiger partial charge >= 0.3 is 0 Å². The lowest BCUT2D eigenvalue weighted by atomic mass is 9.95. The highest BCUT2D eigenvalue weighted by Gasteiger charge is 2.42. The number of rotatable bonds is 9. The lowest BCUT2D eigenvalue weighted by Gasteiger charge is -2.28. The number of amides is 1. The second-order valence-corrected chi connectivity index (χ2v) is 7.18. The minimum Gasteiger partial charge on any atom is -0.503 e. The number of nitrogens with zero attached hydrogens (tertiary/aromatic N) is 2. The van der Waals surface area contributed by atoms with E-state index >= 15 is 0 Å². The van der Waals surface area contributed by atoms with Gasteiger partial charge in [-0.2, -0.15) is 0 Å². The summed E-state index contributed by atoms with van der Waals surface area (Å²) in [6.07, 6.45) is 4.34. The number of furan rings is 1. The maximum atomic E-state index is 13.0. The van der Waals surface area contributed by atoms with E-state index in [1.165, 1.54) is 23.3 Å². The van der Waals surface area contributed by atoms with Crippen molar-refractivity contribution in [3.05, 3.63) is 71.4 Å². The molecule has 1 amide bonds. The number of ether oxygens (including phenoxy) is 1. The first-order valence-corrected chi connectivity index (χ1v) is 9.80. The van der Waals surface area contributed by atoms with Crippen molar-refractivity contribution < 1.29 is 23.8 Å². The van der Waals surface area contributed by atoms with E-state index in [0.717, 1.165) is 5.56 Å². The van der Waals surface area contributed by atoms with Gasteiger partial charge in [0.05, 0.1) is 24.5 Å². The maximum absolute atomic E-state index is 13.0. The van der Waals surface area contributed by atoms with Gasteiger partial charge in [-0.3, -0.25) is 9.59 Å². The van der Waals surface area contributed by atoms with Crippen LogP contribution in [0, 0.1) is 0 Å². The number of hydrogen-bond donors (Lipinski definition) is 1. The van der Waals surface area contributed by atoms with Gasteiger partial charge in [-0.15, -0.1) is 0 Å². The van der Waals surface area contributed by atoms with Crippen LogP contribution in [0.2, 0.25) is 0 Å². The number of benzene rings is 1. The zero-order chi connectivity index (χ0) is 21.7. The lowest BCUT2D eigenvalue weighted by molar-refractivity contribution is -0.129. The molecule has 30 heavy (non-hydrogen) atoms. The summed E-state index contributed by atoms with van der Waals surface area (Å²) >= 11 is 0. The predicted octanol–water partition coefficient (Wildman–Crippen LogP) is 3.22. The Morgan fingerprint density at radius 2 is 2.00 bits per heavy atom. The highest BCUT2D eigenvalue weighted by atomic mass is 16.5. The highest BCUT2D eigenvalue weighted by molar-refractivity contribution is 6.14. The summed E-state index contributed by atoms with van der Waals surface area (Å²) in [6.45, 7) is 3.40. The normalized spacial score (nSPS) is 16.9. The van der Waals surface area contributed by atoms with Gasteiger partial charge in [-0.1, -0.05) is 12.1 Å². The molecule has 1 atom stereocenters. The average molecular weight is 410 g/mol. The van der Waals surface area contributed by atoms with Gasteiger partial charge in [0.1, 0.15) is 11.5 Å². The summed E-state index contributed by atoms with van der Waals surface area (Å²) in [7, 11) is 3.80. The molecule has 0 saturated heterocycles. The fraction of sp³-hybridized carbons (Fsp3) is 0.304. The smallest absolute Gasteiger partial charge is 0.290 e. The third kappa shape index (κ3) is 4.63. The summed E-state index contributed by atoms with van der Waals surface area (Å²) in [5.41, 5.74) is 0.787. The molecule has 0 spiro atoms.